The average molecular weight is 442 g/mol. The van der Waals surface area contributed by atoms with Gasteiger partial charge in [-0.3, -0.25) is 14.5 Å². The van der Waals surface area contributed by atoms with Crippen LogP contribution < -0.4 is 0 Å². The summed E-state index contributed by atoms with van der Waals surface area (Å²) in [5.41, 5.74) is 1.83. The second-order valence-electron chi connectivity index (χ2n) is 7.64. The van der Waals surface area contributed by atoms with Gasteiger partial charge in [0.05, 0.1) is 22.8 Å². The molecule has 31 heavy (non-hydrogen) atoms. The molecule has 2 aromatic heterocycles. The molecule has 2 amide bonds. The fraction of sp³-hybridized carbons (Fsp3) is 0.318. The Balaban J connectivity index is 1.53. The van der Waals surface area contributed by atoms with Gasteiger partial charge in [-0.25, -0.2) is 9.07 Å². The molecule has 3 aromatic rings. The molecule has 0 atom stereocenters. The lowest BCUT2D eigenvalue weighted by Crippen LogP contribution is -2.51. The van der Waals surface area contributed by atoms with E-state index in [1.54, 1.807) is 58.1 Å². The minimum absolute atomic E-state index is 0.0541. The summed E-state index contributed by atoms with van der Waals surface area (Å²) in [6, 6.07) is 11.8. The summed E-state index contributed by atoms with van der Waals surface area (Å²) in [5, 5.41) is 6.53. The first-order chi connectivity index (χ1) is 14.9. The maximum absolute atomic E-state index is 13.4. The van der Waals surface area contributed by atoms with Crippen LogP contribution in [-0.2, 0) is 4.79 Å². The number of nitrogens with zero attached hydrogens (tertiary/aromatic N) is 5. The molecule has 0 N–H and O–H groups in total. The van der Waals surface area contributed by atoms with E-state index in [4.69, 9.17) is 0 Å². The van der Waals surface area contributed by atoms with Gasteiger partial charge < -0.3 is 9.80 Å². The number of thiophene rings is 1. The van der Waals surface area contributed by atoms with Crippen LogP contribution in [0.4, 0.5) is 4.39 Å². The molecule has 162 valence electrons. The Hall–Kier alpha value is -3.04. The number of hydrogen-bond acceptors (Lipinski definition) is 5. The average Bonchev–Trinajstić information content (AvgIpc) is 3.44. The third-order valence-electron chi connectivity index (χ3n) is 5.29. The van der Waals surface area contributed by atoms with Gasteiger partial charge in [0.15, 0.2) is 5.69 Å². The van der Waals surface area contributed by atoms with E-state index < -0.39 is 0 Å². The van der Waals surface area contributed by atoms with Crippen molar-refractivity contribution in [1.29, 1.82) is 0 Å². The number of carbonyl (C=O) groups excluding carboxylic acids is 2. The topological polar surface area (TPSA) is 61.7 Å². The second kappa shape index (κ2) is 8.99. The quantitative estimate of drug-likeness (QED) is 0.611. The summed E-state index contributed by atoms with van der Waals surface area (Å²) in [4.78, 5) is 31.5. The van der Waals surface area contributed by atoms with E-state index in [9.17, 15) is 14.0 Å². The molecule has 1 fully saturated rings. The van der Waals surface area contributed by atoms with E-state index >= 15 is 0 Å². The van der Waals surface area contributed by atoms with Crippen LogP contribution in [0.2, 0.25) is 0 Å². The van der Waals surface area contributed by atoms with Crippen LogP contribution in [0.3, 0.4) is 0 Å². The first-order valence-corrected chi connectivity index (χ1v) is 10.9. The van der Waals surface area contributed by atoms with Crippen molar-refractivity contribution < 1.29 is 14.0 Å². The van der Waals surface area contributed by atoms with Gasteiger partial charge in [0.2, 0.25) is 5.91 Å². The molecular formula is C22H24FN5O2S. The van der Waals surface area contributed by atoms with Crippen LogP contribution in [0, 0.1) is 5.82 Å². The van der Waals surface area contributed by atoms with Gasteiger partial charge in [-0.15, -0.1) is 11.3 Å². The Morgan fingerprint density at radius 3 is 2.42 bits per heavy atom. The normalized spacial score (nSPS) is 14.6. The van der Waals surface area contributed by atoms with Crippen molar-refractivity contribution in [3.05, 3.63) is 59.4 Å². The van der Waals surface area contributed by atoms with Gasteiger partial charge in [0, 0.05) is 40.3 Å². The molecule has 0 radical (unpaired) electrons. The maximum Gasteiger partial charge on any atom is 0.274 e. The van der Waals surface area contributed by atoms with Crippen LogP contribution in [0.25, 0.3) is 16.3 Å². The number of likely N-dealkylation sites (N-methyl/N-ethyl adjacent to an activating group) is 1. The third-order valence-corrected chi connectivity index (χ3v) is 6.18. The Bertz CT molecular complexity index is 1050. The van der Waals surface area contributed by atoms with Crippen molar-refractivity contribution in [3.8, 4) is 16.3 Å². The number of piperazine rings is 1. The van der Waals surface area contributed by atoms with Gasteiger partial charge in [-0.2, -0.15) is 5.10 Å². The van der Waals surface area contributed by atoms with Crippen LogP contribution in [0.1, 0.15) is 10.5 Å². The number of halogens is 1. The van der Waals surface area contributed by atoms with Crippen molar-refractivity contribution >= 4 is 23.2 Å². The largest absolute Gasteiger partial charge is 0.348 e. The number of carbonyl (C=O) groups is 2. The molecule has 1 aromatic carbocycles. The first kappa shape index (κ1) is 21.2. The number of hydrogen-bond donors (Lipinski definition) is 0. The molecule has 1 aliphatic heterocycles. The van der Waals surface area contributed by atoms with Crippen LogP contribution in [0.5, 0.6) is 0 Å². The zero-order valence-electron chi connectivity index (χ0n) is 17.5. The van der Waals surface area contributed by atoms with Gasteiger partial charge in [-0.1, -0.05) is 6.07 Å². The van der Waals surface area contributed by atoms with E-state index in [2.05, 4.69) is 10.00 Å². The van der Waals surface area contributed by atoms with Crippen LogP contribution in [0.15, 0.2) is 47.8 Å². The number of amides is 2. The molecular weight excluding hydrogens is 417 g/mol. The Morgan fingerprint density at radius 1 is 1.10 bits per heavy atom. The Morgan fingerprint density at radius 2 is 1.81 bits per heavy atom. The Labute approximate surface area is 184 Å². The minimum Gasteiger partial charge on any atom is -0.348 e. The van der Waals surface area contributed by atoms with Gasteiger partial charge in [0.25, 0.3) is 5.91 Å². The lowest BCUT2D eigenvalue weighted by Gasteiger charge is -2.34. The maximum atomic E-state index is 13.4. The lowest BCUT2D eigenvalue weighted by molar-refractivity contribution is -0.130. The van der Waals surface area contributed by atoms with Crippen LogP contribution in [-0.4, -0.2) is 83.1 Å². The predicted octanol–water partition coefficient (Wildman–Crippen LogP) is 2.59. The molecule has 7 nitrogen and oxygen atoms in total. The van der Waals surface area contributed by atoms with Gasteiger partial charge in [-0.05, 0) is 41.8 Å². The smallest absolute Gasteiger partial charge is 0.274 e. The lowest BCUT2D eigenvalue weighted by atomic mass is 10.2. The van der Waals surface area contributed by atoms with E-state index in [1.165, 1.54) is 12.1 Å². The zero-order valence-corrected chi connectivity index (χ0v) is 18.3. The highest BCUT2D eigenvalue weighted by atomic mass is 32.1. The van der Waals surface area contributed by atoms with Crippen LogP contribution >= 0.6 is 11.3 Å². The number of rotatable bonds is 5. The van der Waals surface area contributed by atoms with Crippen molar-refractivity contribution in [2.45, 2.75) is 0 Å². The van der Waals surface area contributed by atoms with E-state index in [1.807, 2.05) is 17.5 Å². The highest BCUT2D eigenvalue weighted by molar-refractivity contribution is 7.13. The fourth-order valence-corrected chi connectivity index (χ4v) is 4.20. The molecule has 3 heterocycles. The van der Waals surface area contributed by atoms with Gasteiger partial charge in [0.1, 0.15) is 5.82 Å². The highest BCUT2D eigenvalue weighted by Gasteiger charge is 2.26. The first-order valence-electron chi connectivity index (χ1n) is 10.0. The summed E-state index contributed by atoms with van der Waals surface area (Å²) in [5.74, 6) is -0.411. The summed E-state index contributed by atoms with van der Waals surface area (Å²) >= 11 is 1.55. The monoisotopic (exact) mass is 441 g/mol. The molecule has 9 heteroatoms. The summed E-state index contributed by atoms with van der Waals surface area (Å²) in [6.45, 7) is 2.72. The molecule has 4 rings (SSSR count). The molecule has 0 saturated carbocycles. The molecule has 1 saturated heterocycles. The predicted molar refractivity (Wildman–Crippen MR) is 118 cm³/mol. The van der Waals surface area contributed by atoms with Crippen molar-refractivity contribution in [1.82, 2.24) is 24.5 Å². The second-order valence-corrected chi connectivity index (χ2v) is 8.58. The van der Waals surface area contributed by atoms with Crippen molar-refractivity contribution in [2.75, 3.05) is 46.8 Å². The van der Waals surface area contributed by atoms with E-state index in [0.717, 1.165) is 10.6 Å². The summed E-state index contributed by atoms with van der Waals surface area (Å²) in [6.07, 6.45) is 0. The van der Waals surface area contributed by atoms with Gasteiger partial charge >= 0.3 is 0 Å². The molecule has 0 aliphatic carbocycles. The molecule has 0 spiro atoms. The summed E-state index contributed by atoms with van der Waals surface area (Å²) < 4.78 is 15.1. The van der Waals surface area contributed by atoms with Crippen molar-refractivity contribution in [2.24, 2.45) is 0 Å². The number of aromatic nitrogens is 2. The molecule has 0 bridgehead atoms. The standard InChI is InChI=1S/C22H24FN5O2S/c1-25(2)21(29)15-26-9-11-27(12-10-26)22(30)18-14-19(20-4-3-13-31-20)28(24-18)17-7-5-16(23)6-8-17/h3-8,13-14H,9-12,15H2,1-2H3. The molecule has 1 aliphatic rings. The minimum atomic E-state index is -0.324. The summed E-state index contributed by atoms with van der Waals surface area (Å²) in [7, 11) is 3.48. The zero-order chi connectivity index (χ0) is 22.0. The SMILES string of the molecule is CN(C)C(=O)CN1CCN(C(=O)c2cc(-c3cccs3)n(-c3ccc(F)cc3)n2)CC1. The third kappa shape index (κ3) is 4.67. The van der Waals surface area contributed by atoms with E-state index in [-0.39, 0.29) is 17.6 Å². The number of benzene rings is 1. The highest BCUT2D eigenvalue weighted by Crippen LogP contribution is 2.28. The van der Waals surface area contributed by atoms with E-state index in [0.29, 0.717) is 44.1 Å². The van der Waals surface area contributed by atoms with Crippen molar-refractivity contribution in [3.63, 3.8) is 0 Å². The molecule has 0 unspecified atom stereocenters. The Kier molecular flexibility index (Phi) is 6.15. The fourth-order valence-electron chi connectivity index (χ4n) is 3.47.